The number of benzene rings is 2. The van der Waals surface area contributed by atoms with E-state index in [1.807, 2.05) is 0 Å². The van der Waals surface area contributed by atoms with Gasteiger partial charge in [-0.05, 0) is 19.9 Å². The van der Waals surface area contributed by atoms with Crippen LogP contribution in [-0.4, -0.2) is 69.9 Å². The van der Waals surface area contributed by atoms with Crippen molar-refractivity contribution in [2.24, 2.45) is 11.5 Å². The Labute approximate surface area is 218 Å². The Morgan fingerprint density at radius 2 is 1.82 bits per heavy atom. The van der Waals surface area contributed by atoms with Crippen LogP contribution >= 0.6 is 0 Å². The molecule has 38 heavy (non-hydrogen) atoms. The van der Waals surface area contributed by atoms with Crippen LogP contribution < -0.4 is 16.2 Å². The number of fused-ring (bicyclic) bond motifs is 3. The van der Waals surface area contributed by atoms with Crippen LogP contribution in [0.15, 0.2) is 18.2 Å². The molecule has 0 saturated carbocycles. The van der Waals surface area contributed by atoms with Gasteiger partial charge in [0.2, 0.25) is 5.78 Å². The lowest BCUT2D eigenvalue weighted by Gasteiger charge is -2.42. The van der Waals surface area contributed by atoms with E-state index in [9.17, 15) is 29.7 Å². The molecule has 2 aromatic rings. The van der Waals surface area contributed by atoms with E-state index in [0.717, 1.165) is 0 Å². The van der Waals surface area contributed by atoms with Gasteiger partial charge in [-0.1, -0.05) is 12.1 Å². The molecule has 202 valence electrons. The fraction of sp³-hybridized carbons (Fsp3) is 0.444. The molecule has 2 aliphatic carbocycles. The van der Waals surface area contributed by atoms with Gasteiger partial charge in [-0.15, -0.1) is 0 Å². The minimum absolute atomic E-state index is 0.0165. The van der Waals surface area contributed by atoms with Gasteiger partial charge in [0.1, 0.15) is 23.0 Å². The van der Waals surface area contributed by atoms with Crippen LogP contribution in [0.4, 0.5) is 0 Å². The smallest absolute Gasteiger partial charge is 0.202 e. The monoisotopic (exact) mass is 526 g/mol. The first-order valence-electron chi connectivity index (χ1n) is 12.3. The second-order valence-electron chi connectivity index (χ2n) is 10.3. The molecule has 7 N–H and O–H groups in total. The molecule has 11 nitrogen and oxygen atoms in total. The quantitative estimate of drug-likeness (QED) is 0.305. The van der Waals surface area contributed by atoms with Crippen molar-refractivity contribution in [3.8, 4) is 17.2 Å². The van der Waals surface area contributed by atoms with Gasteiger partial charge in [0, 0.05) is 42.0 Å². The Kier molecular flexibility index (Phi) is 6.32. The number of ketones is 3. The molecule has 1 saturated heterocycles. The van der Waals surface area contributed by atoms with Crippen LogP contribution in [0.5, 0.6) is 17.2 Å². The van der Waals surface area contributed by atoms with Gasteiger partial charge >= 0.3 is 0 Å². The van der Waals surface area contributed by atoms with Gasteiger partial charge in [0.05, 0.1) is 47.7 Å². The number of aliphatic hydroxyl groups excluding tert-OH is 1. The predicted octanol–water partition coefficient (Wildman–Crippen LogP) is 0.995. The molecule has 3 aliphatic rings. The summed E-state index contributed by atoms with van der Waals surface area (Å²) in [4.78, 5) is 39.8. The molecular weight excluding hydrogens is 496 g/mol. The highest BCUT2D eigenvalue weighted by Gasteiger charge is 2.48. The maximum atomic E-state index is 13.7. The first kappa shape index (κ1) is 26.3. The van der Waals surface area contributed by atoms with Crippen molar-refractivity contribution in [3.63, 3.8) is 0 Å². The summed E-state index contributed by atoms with van der Waals surface area (Å²) in [5.74, 6) is -2.73. The Bertz CT molecular complexity index is 1360. The average molecular weight is 527 g/mol. The molecule has 0 aromatic heterocycles. The van der Waals surface area contributed by atoms with Crippen LogP contribution in [0.25, 0.3) is 0 Å². The summed E-state index contributed by atoms with van der Waals surface area (Å²) in [5.41, 5.74) is 10.3. The van der Waals surface area contributed by atoms with E-state index in [4.69, 9.17) is 25.7 Å². The number of aromatic hydroxyl groups is 2. The number of nitrogens with two attached hydrogens (primary N) is 2. The topological polar surface area (TPSA) is 192 Å². The zero-order valence-electron chi connectivity index (χ0n) is 21.2. The Balaban J connectivity index is 1.68. The fourth-order valence-electron chi connectivity index (χ4n) is 5.71. The summed E-state index contributed by atoms with van der Waals surface area (Å²) in [6, 6.07) is 3.84. The van der Waals surface area contributed by atoms with E-state index in [0.29, 0.717) is 0 Å². The van der Waals surface area contributed by atoms with Crippen molar-refractivity contribution >= 4 is 17.3 Å². The number of rotatable bonds is 4. The Morgan fingerprint density at radius 1 is 1.13 bits per heavy atom. The summed E-state index contributed by atoms with van der Waals surface area (Å²) in [6.07, 6.45) is -3.81. The van der Waals surface area contributed by atoms with E-state index in [-0.39, 0.29) is 58.4 Å². The second-order valence-corrected chi connectivity index (χ2v) is 10.3. The summed E-state index contributed by atoms with van der Waals surface area (Å²) < 4.78 is 17.2. The predicted molar refractivity (Wildman–Crippen MR) is 132 cm³/mol. The molecule has 2 unspecified atom stereocenters. The highest BCUT2D eigenvalue weighted by atomic mass is 16.7. The third-order valence-corrected chi connectivity index (χ3v) is 7.89. The number of methoxy groups -OCH3 is 1. The SMILES string of the molecule is COc1cccc2c1C(=O)c1c(O)c3c(c(O)c1C2=O)CC(N)(C(C)=O)CC3O[C@H]1C[C@H](N)[C@@H](O)[C@@H](C)O1. The Morgan fingerprint density at radius 3 is 2.45 bits per heavy atom. The zero-order valence-corrected chi connectivity index (χ0v) is 21.2. The lowest BCUT2D eigenvalue weighted by molar-refractivity contribution is -0.243. The molecule has 0 radical (unpaired) electrons. The zero-order chi connectivity index (χ0) is 27.7. The van der Waals surface area contributed by atoms with Gasteiger partial charge in [0.25, 0.3) is 0 Å². The lowest BCUT2D eigenvalue weighted by atomic mass is 9.71. The van der Waals surface area contributed by atoms with E-state index in [1.165, 1.54) is 26.2 Å². The summed E-state index contributed by atoms with van der Waals surface area (Å²) in [7, 11) is 1.35. The number of aliphatic hydroxyl groups is 1. The minimum atomic E-state index is -1.50. The molecule has 1 aliphatic heterocycles. The number of phenolic OH excluding ortho intramolecular Hbond substituents is 2. The molecule has 11 heteroatoms. The van der Waals surface area contributed by atoms with E-state index in [2.05, 4.69) is 0 Å². The number of phenols is 2. The lowest BCUT2D eigenvalue weighted by Crippen LogP contribution is -2.54. The van der Waals surface area contributed by atoms with Crippen molar-refractivity contribution in [2.75, 3.05) is 7.11 Å². The molecule has 2 aromatic carbocycles. The van der Waals surface area contributed by atoms with Crippen molar-refractivity contribution in [3.05, 3.63) is 51.6 Å². The third kappa shape index (κ3) is 3.81. The summed E-state index contributed by atoms with van der Waals surface area (Å²) in [5, 5.41) is 33.0. The third-order valence-electron chi connectivity index (χ3n) is 7.89. The molecule has 0 spiro atoms. The maximum Gasteiger partial charge on any atom is 0.202 e. The van der Waals surface area contributed by atoms with Crippen LogP contribution in [-0.2, 0) is 20.7 Å². The standard InChI is InChI=1S/C27H30N2O9/c1-10-22(31)14(28)7-17(37-10)38-16-9-27(29,11(2)30)8-13-19(16)26(35)21-20(24(13)33)23(32)12-5-4-6-15(36-3)18(12)25(21)34/h4-6,10,14,16-17,22,31,33,35H,7-9,28-29H2,1-3H3/t10-,14+,16?,17+,22+,27?/m1/s1. The average Bonchev–Trinajstić information content (AvgIpc) is 2.87. The van der Waals surface area contributed by atoms with Crippen molar-refractivity contribution in [1.29, 1.82) is 0 Å². The van der Waals surface area contributed by atoms with Crippen molar-refractivity contribution in [2.45, 2.75) is 69.3 Å². The van der Waals surface area contributed by atoms with Crippen LogP contribution in [0, 0.1) is 0 Å². The van der Waals surface area contributed by atoms with Gasteiger partial charge < -0.3 is 41.0 Å². The maximum absolute atomic E-state index is 13.7. The second kappa shape index (κ2) is 9.14. The molecule has 1 heterocycles. The fourth-order valence-corrected chi connectivity index (χ4v) is 5.71. The summed E-state index contributed by atoms with van der Waals surface area (Å²) in [6.45, 7) is 2.94. The largest absolute Gasteiger partial charge is 0.507 e. The molecule has 0 amide bonds. The van der Waals surface area contributed by atoms with Crippen LogP contribution in [0.1, 0.15) is 75.8 Å². The number of Topliss-reactive ketones (excluding diaryl/α,β-unsaturated/α-hetero) is 1. The molecule has 6 atom stereocenters. The van der Waals surface area contributed by atoms with Crippen molar-refractivity contribution < 1.29 is 43.9 Å². The van der Waals surface area contributed by atoms with Gasteiger partial charge in [-0.25, -0.2) is 0 Å². The van der Waals surface area contributed by atoms with Gasteiger partial charge in [-0.3, -0.25) is 14.4 Å². The minimum Gasteiger partial charge on any atom is -0.507 e. The molecule has 0 bridgehead atoms. The summed E-state index contributed by atoms with van der Waals surface area (Å²) >= 11 is 0. The number of carbonyl (C=O) groups excluding carboxylic acids is 3. The highest BCUT2D eigenvalue weighted by Crippen LogP contribution is 2.52. The van der Waals surface area contributed by atoms with Crippen LogP contribution in [0.3, 0.4) is 0 Å². The van der Waals surface area contributed by atoms with Crippen LogP contribution in [0.2, 0.25) is 0 Å². The molecular formula is C27H30N2O9. The number of hydrogen-bond donors (Lipinski definition) is 5. The van der Waals surface area contributed by atoms with Gasteiger partial charge in [-0.2, -0.15) is 0 Å². The first-order chi connectivity index (χ1) is 17.9. The molecule has 5 rings (SSSR count). The number of hydrogen-bond acceptors (Lipinski definition) is 11. The van der Waals surface area contributed by atoms with Gasteiger partial charge in [0.15, 0.2) is 12.1 Å². The number of ether oxygens (including phenoxy) is 3. The highest BCUT2D eigenvalue weighted by molar-refractivity contribution is 6.31. The first-order valence-corrected chi connectivity index (χ1v) is 12.3. The Hall–Kier alpha value is -3.35. The van der Waals surface area contributed by atoms with E-state index < -0.39 is 65.0 Å². The normalized spacial score (nSPS) is 30.3. The van der Waals surface area contributed by atoms with E-state index >= 15 is 0 Å². The molecule has 1 fully saturated rings. The van der Waals surface area contributed by atoms with Crippen molar-refractivity contribution in [1.82, 2.24) is 0 Å². The number of carbonyl (C=O) groups is 3. The van der Waals surface area contributed by atoms with E-state index in [1.54, 1.807) is 13.0 Å².